The van der Waals surface area contributed by atoms with Crippen LogP contribution in [-0.4, -0.2) is 32.2 Å². The average Bonchev–Trinajstić information content (AvgIpc) is 2.44. The molecule has 2 aromatic rings. The van der Waals surface area contributed by atoms with E-state index in [-0.39, 0.29) is 17.2 Å². The minimum Gasteiger partial charge on any atom is -0.478 e. The summed E-state index contributed by atoms with van der Waals surface area (Å²) in [5.74, 6) is -0.864. The molecule has 0 fully saturated rings. The van der Waals surface area contributed by atoms with E-state index in [0.29, 0.717) is 17.0 Å². The Labute approximate surface area is 125 Å². The number of carboxylic acids is 1. The van der Waals surface area contributed by atoms with Gasteiger partial charge in [-0.15, -0.1) is 0 Å². The van der Waals surface area contributed by atoms with Crippen LogP contribution >= 0.6 is 0 Å². The fraction of sp³-hybridized carbons (Fsp3) is 0.286. The van der Waals surface area contributed by atoms with E-state index in [1.54, 1.807) is 6.07 Å². The highest BCUT2D eigenvalue weighted by atomic mass is 16.4. The zero-order chi connectivity index (χ0) is 16.3. The lowest BCUT2D eigenvalue weighted by atomic mass is 10.2. The van der Waals surface area contributed by atoms with Crippen LogP contribution in [0.2, 0.25) is 0 Å². The van der Waals surface area contributed by atoms with Gasteiger partial charge in [-0.3, -0.25) is 4.98 Å². The van der Waals surface area contributed by atoms with Crippen LogP contribution < -0.4 is 16.7 Å². The van der Waals surface area contributed by atoms with Crippen molar-refractivity contribution in [2.75, 3.05) is 11.9 Å². The molecule has 0 aliphatic heterocycles. The van der Waals surface area contributed by atoms with Gasteiger partial charge in [0.25, 0.3) is 0 Å². The molecule has 0 unspecified atom stereocenters. The van der Waals surface area contributed by atoms with Gasteiger partial charge in [-0.2, -0.15) is 4.98 Å². The third-order valence-corrected chi connectivity index (χ3v) is 2.88. The van der Waals surface area contributed by atoms with Gasteiger partial charge in [0.2, 0.25) is 5.95 Å². The highest BCUT2D eigenvalue weighted by Gasteiger charge is 2.15. The van der Waals surface area contributed by atoms with Crippen molar-refractivity contribution in [1.29, 1.82) is 0 Å². The first-order valence-electron chi connectivity index (χ1n) is 6.70. The van der Waals surface area contributed by atoms with Gasteiger partial charge in [0.05, 0.1) is 11.3 Å². The Balaban J connectivity index is 2.53. The second-order valence-corrected chi connectivity index (χ2v) is 5.11. The van der Waals surface area contributed by atoms with Gasteiger partial charge in [0, 0.05) is 6.54 Å². The lowest BCUT2D eigenvalue weighted by Crippen LogP contribution is -2.37. The number of aromatic nitrogens is 3. The molecule has 116 valence electrons. The second-order valence-electron chi connectivity index (χ2n) is 5.11. The Hall–Kier alpha value is -2.90. The SMILES string of the molecule is CC(C)CNc1nc(=O)n(-c2ccccc2C(=O)O)c(=O)[nH]1. The number of hydrogen-bond acceptors (Lipinski definition) is 5. The molecule has 0 saturated heterocycles. The van der Waals surface area contributed by atoms with E-state index >= 15 is 0 Å². The van der Waals surface area contributed by atoms with Crippen molar-refractivity contribution >= 4 is 11.9 Å². The first-order chi connectivity index (χ1) is 10.4. The van der Waals surface area contributed by atoms with Crippen molar-refractivity contribution in [2.24, 2.45) is 5.92 Å². The minimum atomic E-state index is -1.23. The van der Waals surface area contributed by atoms with Crippen molar-refractivity contribution in [1.82, 2.24) is 14.5 Å². The molecular formula is C14H16N4O4. The zero-order valence-electron chi connectivity index (χ0n) is 12.2. The molecule has 0 radical (unpaired) electrons. The van der Waals surface area contributed by atoms with E-state index in [1.807, 2.05) is 13.8 Å². The second kappa shape index (κ2) is 6.25. The number of anilines is 1. The Bertz CT molecular complexity index is 776. The molecule has 0 aliphatic carbocycles. The maximum atomic E-state index is 12.1. The molecule has 0 bridgehead atoms. The summed E-state index contributed by atoms with van der Waals surface area (Å²) in [5.41, 5.74) is -1.77. The van der Waals surface area contributed by atoms with Crippen LogP contribution in [-0.2, 0) is 0 Å². The van der Waals surface area contributed by atoms with E-state index in [2.05, 4.69) is 15.3 Å². The van der Waals surface area contributed by atoms with Crippen LogP contribution in [0.15, 0.2) is 33.9 Å². The topological polar surface area (TPSA) is 117 Å². The summed E-state index contributed by atoms with van der Waals surface area (Å²) in [6.07, 6.45) is 0. The van der Waals surface area contributed by atoms with Gasteiger partial charge in [-0.25, -0.2) is 19.0 Å². The maximum absolute atomic E-state index is 12.1. The highest BCUT2D eigenvalue weighted by Crippen LogP contribution is 2.10. The number of carbonyl (C=O) groups is 1. The van der Waals surface area contributed by atoms with E-state index in [9.17, 15) is 14.4 Å². The number of H-pyrrole nitrogens is 1. The summed E-state index contributed by atoms with van der Waals surface area (Å²) in [6.45, 7) is 4.48. The number of nitrogens with zero attached hydrogens (tertiary/aromatic N) is 2. The Kier molecular flexibility index (Phi) is 4.40. The van der Waals surface area contributed by atoms with E-state index in [4.69, 9.17) is 5.11 Å². The Morgan fingerprint density at radius 1 is 1.36 bits per heavy atom. The van der Waals surface area contributed by atoms with Gasteiger partial charge in [-0.1, -0.05) is 26.0 Å². The maximum Gasteiger partial charge on any atom is 0.359 e. The number of carboxylic acid groups (broad SMARTS) is 1. The predicted molar refractivity (Wildman–Crippen MR) is 80.7 cm³/mol. The van der Waals surface area contributed by atoms with Gasteiger partial charge in [0.1, 0.15) is 0 Å². The van der Waals surface area contributed by atoms with Crippen LogP contribution in [0, 0.1) is 5.92 Å². The lowest BCUT2D eigenvalue weighted by Gasteiger charge is -2.10. The molecule has 3 N–H and O–H groups in total. The molecule has 0 amide bonds. The summed E-state index contributed by atoms with van der Waals surface area (Å²) in [4.78, 5) is 41.6. The highest BCUT2D eigenvalue weighted by molar-refractivity contribution is 5.91. The molecule has 0 spiro atoms. The molecular weight excluding hydrogens is 288 g/mol. The van der Waals surface area contributed by atoms with Crippen LogP contribution in [0.1, 0.15) is 24.2 Å². The number of hydrogen-bond donors (Lipinski definition) is 3. The number of para-hydroxylation sites is 1. The van der Waals surface area contributed by atoms with Gasteiger partial charge >= 0.3 is 17.3 Å². The minimum absolute atomic E-state index is 0.0239. The Morgan fingerprint density at radius 3 is 2.64 bits per heavy atom. The van der Waals surface area contributed by atoms with E-state index < -0.39 is 17.3 Å². The largest absolute Gasteiger partial charge is 0.478 e. The first-order valence-corrected chi connectivity index (χ1v) is 6.70. The fourth-order valence-corrected chi connectivity index (χ4v) is 1.86. The van der Waals surface area contributed by atoms with Crippen molar-refractivity contribution in [3.63, 3.8) is 0 Å². The van der Waals surface area contributed by atoms with Crippen LogP contribution in [0.25, 0.3) is 5.69 Å². The Morgan fingerprint density at radius 2 is 2.05 bits per heavy atom. The van der Waals surface area contributed by atoms with Crippen LogP contribution in [0.4, 0.5) is 5.95 Å². The number of aromatic carboxylic acids is 1. The molecule has 0 atom stereocenters. The summed E-state index contributed by atoms with van der Waals surface area (Å²) in [7, 11) is 0. The van der Waals surface area contributed by atoms with Crippen molar-refractivity contribution in [3.05, 3.63) is 50.8 Å². The fourth-order valence-electron chi connectivity index (χ4n) is 1.86. The summed E-state index contributed by atoms with van der Waals surface area (Å²) in [6, 6.07) is 5.74. The molecule has 8 heteroatoms. The van der Waals surface area contributed by atoms with Gasteiger partial charge in [-0.05, 0) is 18.1 Å². The normalized spacial score (nSPS) is 10.7. The summed E-state index contributed by atoms with van der Waals surface area (Å²) >= 11 is 0. The third-order valence-electron chi connectivity index (χ3n) is 2.88. The molecule has 0 aliphatic rings. The number of nitrogens with one attached hydrogen (secondary N) is 2. The van der Waals surface area contributed by atoms with E-state index in [1.165, 1.54) is 18.2 Å². The number of rotatable bonds is 5. The molecule has 1 heterocycles. The molecule has 8 nitrogen and oxygen atoms in total. The van der Waals surface area contributed by atoms with Crippen LogP contribution in [0.5, 0.6) is 0 Å². The number of aromatic amines is 1. The molecule has 1 aromatic carbocycles. The van der Waals surface area contributed by atoms with E-state index in [0.717, 1.165) is 0 Å². The van der Waals surface area contributed by atoms with Crippen molar-refractivity contribution < 1.29 is 9.90 Å². The molecule has 1 aromatic heterocycles. The predicted octanol–water partition coefficient (Wildman–Crippen LogP) is 0.687. The van der Waals surface area contributed by atoms with Crippen molar-refractivity contribution in [2.45, 2.75) is 13.8 Å². The molecule has 22 heavy (non-hydrogen) atoms. The monoisotopic (exact) mass is 304 g/mol. The van der Waals surface area contributed by atoms with Gasteiger partial charge in [0.15, 0.2) is 0 Å². The lowest BCUT2D eigenvalue weighted by molar-refractivity contribution is 0.0697. The smallest absolute Gasteiger partial charge is 0.359 e. The quantitative estimate of drug-likeness (QED) is 0.748. The third kappa shape index (κ3) is 3.22. The molecule has 2 rings (SSSR count). The summed E-state index contributed by atoms with van der Waals surface area (Å²) < 4.78 is 0.698. The first kappa shape index (κ1) is 15.5. The summed E-state index contributed by atoms with van der Waals surface area (Å²) in [5, 5.41) is 12.0. The average molecular weight is 304 g/mol. The zero-order valence-corrected chi connectivity index (χ0v) is 12.2. The number of benzene rings is 1. The standard InChI is InChI=1S/C14H16N4O4/c1-8(2)7-15-12-16-13(21)18(14(22)17-12)10-6-4-3-5-9(10)11(19)20/h3-6,8H,7H2,1-2H3,(H,19,20)(H2,15,16,17,21,22). The van der Waals surface area contributed by atoms with Crippen LogP contribution in [0.3, 0.4) is 0 Å². The van der Waals surface area contributed by atoms with Crippen molar-refractivity contribution in [3.8, 4) is 5.69 Å². The molecule has 0 saturated carbocycles. The van der Waals surface area contributed by atoms with Gasteiger partial charge < -0.3 is 10.4 Å².